The van der Waals surface area contributed by atoms with Crippen molar-refractivity contribution < 1.29 is 8.42 Å². The van der Waals surface area contributed by atoms with Gasteiger partial charge in [-0.2, -0.15) is 0 Å². The van der Waals surface area contributed by atoms with Gasteiger partial charge in [-0.1, -0.05) is 36.4 Å². The first-order valence-electron chi connectivity index (χ1n) is 10.4. The topological polar surface area (TPSA) is 68.2 Å². The molecule has 160 valence electrons. The molecule has 4 rings (SSSR count). The van der Waals surface area contributed by atoms with Gasteiger partial charge in [0.25, 0.3) is 0 Å². The summed E-state index contributed by atoms with van der Waals surface area (Å²) >= 11 is 0. The number of benzene rings is 2. The fourth-order valence-electron chi connectivity index (χ4n) is 4.15. The van der Waals surface area contributed by atoms with Crippen LogP contribution in [0.15, 0.2) is 59.6 Å². The van der Waals surface area contributed by atoms with Gasteiger partial charge in [-0.3, -0.25) is 9.30 Å². The highest BCUT2D eigenvalue weighted by molar-refractivity contribution is 7.92. The van der Waals surface area contributed by atoms with Gasteiger partial charge in [0.05, 0.1) is 11.4 Å². The Labute approximate surface area is 179 Å². The number of aliphatic imine (C=N–C) groups is 1. The summed E-state index contributed by atoms with van der Waals surface area (Å²) in [5.74, 6) is 0.810. The molecule has 2 heterocycles. The summed E-state index contributed by atoms with van der Waals surface area (Å²) < 4.78 is 27.3. The minimum Gasteiger partial charge on any atom is -0.368 e. The van der Waals surface area contributed by atoms with E-state index < -0.39 is 10.0 Å². The molecule has 1 saturated heterocycles. The van der Waals surface area contributed by atoms with Crippen LogP contribution >= 0.6 is 0 Å². The van der Waals surface area contributed by atoms with Crippen LogP contribution in [-0.4, -0.2) is 71.3 Å². The van der Waals surface area contributed by atoms with Crippen molar-refractivity contribution in [1.82, 2.24) is 10.2 Å². The number of rotatable bonds is 5. The molecule has 0 aromatic heterocycles. The molecule has 0 radical (unpaired) electrons. The SMILES string of the molecule is CN=C(NCCS(=O)(=O)N1CCc2ccccc21)N1CCN(c2ccccc2)CC1. The van der Waals surface area contributed by atoms with Gasteiger partial charge in [0, 0.05) is 52.0 Å². The van der Waals surface area contributed by atoms with Crippen molar-refractivity contribution >= 4 is 27.4 Å². The molecule has 0 unspecified atom stereocenters. The second-order valence-corrected chi connectivity index (χ2v) is 9.56. The number of nitrogens with zero attached hydrogens (tertiary/aromatic N) is 4. The summed E-state index contributed by atoms with van der Waals surface area (Å²) in [5.41, 5.74) is 3.15. The zero-order valence-corrected chi connectivity index (χ0v) is 18.2. The summed E-state index contributed by atoms with van der Waals surface area (Å²) in [6, 6.07) is 18.1. The molecule has 0 amide bonds. The second kappa shape index (κ2) is 8.95. The Balaban J connectivity index is 1.29. The highest BCUT2D eigenvalue weighted by Crippen LogP contribution is 2.29. The largest absolute Gasteiger partial charge is 0.368 e. The standard InChI is InChI=1S/C22H29N5O2S/c1-23-22(26-16-14-25(15-17-26)20-8-3-2-4-9-20)24-12-18-30(28,29)27-13-11-19-7-5-6-10-21(19)27/h2-10H,11-18H2,1H3,(H,23,24). The van der Waals surface area contributed by atoms with Crippen LogP contribution in [0.5, 0.6) is 0 Å². The zero-order valence-electron chi connectivity index (χ0n) is 17.4. The number of para-hydroxylation sites is 2. The Morgan fingerprint density at radius 2 is 1.67 bits per heavy atom. The molecule has 0 atom stereocenters. The van der Waals surface area contributed by atoms with Crippen molar-refractivity contribution in [3.05, 3.63) is 60.2 Å². The highest BCUT2D eigenvalue weighted by atomic mass is 32.2. The average molecular weight is 428 g/mol. The molecule has 2 aliphatic rings. The van der Waals surface area contributed by atoms with Crippen molar-refractivity contribution in [3.63, 3.8) is 0 Å². The number of guanidine groups is 1. The van der Waals surface area contributed by atoms with Gasteiger partial charge in [-0.25, -0.2) is 8.42 Å². The first-order chi connectivity index (χ1) is 14.6. The van der Waals surface area contributed by atoms with Gasteiger partial charge in [-0.05, 0) is 30.2 Å². The molecule has 2 aromatic rings. The van der Waals surface area contributed by atoms with Crippen LogP contribution in [0.1, 0.15) is 5.56 Å². The van der Waals surface area contributed by atoms with E-state index in [0.29, 0.717) is 13.1 Å². The van der Waals surface area contributed by atoms with E-state index in [4.69, 9.17) is 0 Å². The fraction of sp³-hybridized carbons (Fsp3) is 0.409. The monoisotopic (exact) mass is 427 g/mol. The van der Waals surface area contributed by atoms with Gasteiger partial charge < -0.3 is 15.1 Å². The van der Waals surface area contributed by atoms with Crippen molar-refractivity contribution in [2.24, 2.45) is 4.99 Å². The number of hydrogen-bond donors (Lipinski definition) is 1. The van der Waals surface area contributed by atoms with E-state index in [9.17, 15) is 8.42 Å². The number of piperazine rings is 1. The van der Waals surface area contributed by atoms with Crippen molar-refractivity contribution in [3.8, 4) is 0 Å². The smallest absolute Gasteiger partial charge is 0.236 e. The summed E-state index contributed by atoms with van der Waals surface area (Å²) in [7, 11) is -1.62. The Morgan fingerprint density at radius 3 is 2.40 bits per heavy atom. The van der Waals surface area contributed by atoms with Crippen LogP contribution in [0, 0.1) is 0 Å². The highest BCUT2D eigenvalue weighted by Gasteiger charge is 2.29. The lowest BCUT2D eigenvalue weighted by Crippen LogP contribution is -2.53. The van der Waals surface area contributed by atoms with E-state index in [1.54, 1.807) is 11.4 Å². The van der Waals surface area contributed by atoms with Crippen LogP contribution in [0.2, 0.25) is 0 Å². The van der Waals surface area contributed by atoms with Crippen LogP contribution < -0.4 is 14.5 Å². The molecule has 0 bridgehead atoms. The molecule has 2 aromatic carbocycles. The minimum absolute atomic E-state index is 0.0460. The van der Waals surface area contributed by atoms with Gasteiger partial charge in [0.2, 0.25) is 10.0 Å². The number of hydrogen-bond acceptors (Lipinski definition) is 4. The third-order valence-electron chi connectivity index (χ3n) is 5.74. The third-order valence-corrected chi connectivity index (χ3v) is 7.51. The van der Waals surface area contributed by atoms with E-state index in [0.717, 1.165) is 49.8 Å². The normalized spacial score (nSPS) is 17.2. The van der Waals surface area contributed by atoms with Crippen molar-refractivity contribution in [1.29, 1.82) is 0 Å². The molecule has 2 aliphatic heterocycles. The van der Waals surface area contributed by atoms with Gasteiger partial charge >= 0.3 is 0 Å². The summed E-state index contributed by atoms with van der Waals surface area (Å²) in [4.78, 5) is 8.92. The summed E-state index contributed by atoms with van der Waals surface area (Å²) in [5, 5.41) is 3.25. The Morgan fingerprint density at radius 1 is 0.967 bits per heavy atom. The molecule has 0 aliphatic carbocycles. The first-order valence-corrected chi connectivity index (χ1v) is 12.0. The van der Waals surface area contributed by atoms with E-state index in [1.165, 1.54) is 5.69 Å². The molecule has 0 saturated carbocycles. The number of sulfonamides is 1. The fourth-order valence-corrected chi connectivity index (χ4v) is 5.57. The maximum Gasteiger partial charge on any atom is 0.236 e. The number of fused-ring (bicyclic) bond motifs is 1. The Kier molecular flexibility index (Phi) is 6.13. The van der Waals surface area contributed by atoms with E-state index >= 15 is 0 Å². The average Bonchev–Trinajstić information content (AvgIpc) is 3.23. The lowest BCUT2D eigenvalue weighted by Gasteiger charge is -2.37. The molecule has 7 nitrogen and oxygen atoms in total. The van der Waals surface area contributed by atoms with Crippen LogP contribution in [-0.2, 0) is 16.4 Å². The predicted molar refractivity (Wildman–Crippen MR) is 123 cm³/mol. The van der Waals surface area contributed by atoms with Crippen LogP contribution in [0.3, 0.4) is 0 Å². The lowest BCUT2D eigenvalue weighted by atomic mass is 10.2. The molecular weight excluding hydrogens is 398 g/mol. The molecular formula is C22H29N5O2S. The predicted octanol–water partition coefficient (Wildman–Crippen LogP) is 1.78. The second-order valence-electron chi connectivity index (χ2n) is 7.55. The maximum absolute atomic E-state index is 12.9. The van der Waals surface area contributed by atoms with Crippen molar-refractivity contribution in [2.45, 2.75) is 6.42 Å². The zero-order chi connectivity index (χ0) is 21.0. The molecule has 1 N–H and O–H groups in total. The van der Waals surface area contributed by atoms with Gasteiger partial charge in [0.15, 0.2) is 5.96 Å². The van der Waals surface area contributed by atoms with E-state index in [1.807, 2.05) is 30.3 Å². The quantitative estimate of drug-likeness (QED) is 0.582. The molecule has 30 heavy (non-hydrogen) atoms. The van der Waals surface area contributed by atoms with Gasteiger partial charge in [0.1, 0.15) is 0 Å². The van der Waals surface area contributed by atoms with Gasteiger partial charge in [-0.15, -0.1) is 0 Å². The molecule has 8 heteroatoms. The molecule has 1 fully saturated rings. The lowest BCUT2D eigenvalue weighted by molar-refractivity contribution is 0.373. The maximum atomic E-state index is 12.9. The van der Waals surface area contributed by atoms with E-state index in [2.05, 4.69) is 44.4 Å². The number of nitrogens with one attached hydrogen (secondary N) is 1. The number of anilines is 2. The van der Waals surface area contributed by atoms with Crippen LogP contribution in [0.25, 0.3) is 0 Å². The van der Waals surface area contributed by atoms with Crippen LogP contribution in [0.4, 0.5) is 11.4 Å². The van der Waals surface area contributed by atoms with Crippen molar-refractivity contribution in [2.75, 3.05) is 61.3 Å². The first kappa shape index (κ1) is 20.5. The minimum atomic E-state index is -3.36. The third kappa shape index (κ3) is 4.38. The Hall–Kier alpha value is -2.74. The Bertz CT molecular complexity index is 986. The summed E-state index contributed by atoms with van der Waals surface area (Å²) in [6.45, 7) is 4.38. The molecule has 0 spiro atoms. The van der Waals surface area contributed by atoms with E-state index in [-0.39, 0.29) is 5.75 Å². The summed E-state index contributed by atoms with van der Waals surface area (Å²) in [6.07, 6.45) is 0.774.